The first-order valence-corrected chi connectivity index (χ1v) is 5.70. The molecule has 4 N–H and O–H groups in total. The van der Waals surface area contributed by atoms with Gasteiger partial charge < -0.3 is 30.3 Å². The van der Waals surface area contributed by atoms with Crippen LogP contribution in [0.2, 0.25) is 0 Å². The number of amides is 2. The van der Waals surface area contributed by atoms with E-state index in [0.717, 1.165) is 0 Å². The Morgan fingerprint density at radius 3 is 2.83 bits per heavy atom. The van der Waals surface area contributed by atoms with Crippen LogP contribution in [0.1, 0.15) is 6.42 Å². The van der Waals surface area contributed by atoms with E-state index in [4.69, 9.17) is 20.1 Å². The first-order chi connectivity index (χ1) is 8.56. The average Bonchev–Trinajstić information content (AvgIpc) is 2.38. The quantitative estimate of drug-likeness (QED) is 0.465. The summed E-state index contributed by atoms with van der Waals surface area (Å²) in [5, 5.41) is 29.1. The van der Waals surface area contributed by atoms with Gasteiger partial charge in [-0.15, -0.1) is 0 Å². The van der Waals surface area contributed by atoms with Gasteiger partial charge in [-0.3, -0.25) is 0 Å². The predicted octanol–water partition coefficient (Wildman–Crippen LogP) is -1.78. The summed E-state index contributed by atoms with van der Waals surface area (Å²) in [6, 6.07) is -0.780. The van der Waals surface area contributed by atoms with Crippen molar-refractivity contribution in [3.8, 4) is 0 Å². The minimum atomic E-state index is -1.48. The number of urea groups is 1. The van der Waals surface area contributed by atoms with Crippen molar-refractivity contribution >= 4 is 12.0 Å². The topological polar surface area (TPSA) is 119 Å². The first-order valence-electron chi connectivity index (χ1n) is 5.70. The van der Waals surface area contributed by atoms with E-state index in [9.17, 15) is 9.59 Å². The lowest BCUT2D eigenvalue weighted by atomic mass is 10.2. The number of aliphatic hydroxyl groups excluding tert-OH is 2. The van der Waals surface area contributed by atoms with Crippen LogP contribution in [-0.4, -0.2) is 77.3 Å². The molecule has 0 aromatic rings. The van der Waals surface area contributed by atoms with Gasteiger partial charge in [0.25, 0.3) is 0 Å². The Kier molecular flexibility index (Phi) is 5.83. The maximum absolute atomic E-state index is 11.7. The number of rotatable bonds is 5. The molecule has 0 aromatic heterocycles. The molecule has 1 saturated heterocycles. The molecule has 0 aromatic carbocycles. The zero-order valence-electron chi connectivity index (χ0n) is 9.91. The Bertz CT molecular complexity index is 298. The monoisotopic (exact) mass is 262 g/mol. The van der Waals surface area contributed by atoms with Gasteiger partial charge in [-0.25, -0.2) is 9.59 Å². The molecule has 18 heavy (non-hydrogen) atoms. The minimum Gasteiger partial charge on any atom is -0.479 e. The van der Waals surface area contributed by atoms with Crippen LogP contribution in [0, 0.1) is 0 Å². The Labute approximate surface area is 104 Å². The lowest BCUT2D eigenvalue weighted by Gasteiger charge is -2.34. The third-order valence-corrected chi connectivity index (χ3v) is 2.68. The molecule has 2 amide bonds. The second-order valence-electron chi connectivity index (χ2n) is 3.98. The number of carboxylic acids is 1. The standard InChI is InChI=1S/C10H18N2O6/c13-5-7-6-18-4-3-12(7)10(17)11-2-1-8(14)9(15)16/h7-8,13-14H,1-6H2,(H,11,17)(H,15,16)/t7?,8-/m0/s1. The molecular formula is C10H18N2O6. The van der Waals surface area contributed by atoms with Crippen LogP contribution in [0.3, 0.4) is 0 Å². The smallest absolute Gasteiger partial charge is 0.332 e. The zero-order chi connectivity index (χ0) is 13.5. The molecule has 0 radical (unpaired) electrons. The van der Waals surface area contributed by atoms with Gasteiger partial charge in [0.1, 0.15) is 0 Å². The molecule has 2 atom stereocenters. The number of ether oxygens (including phenoxy) is 1. The van der Waals surface area contributed by atoms with Gasteiger partial charge in [0.15, 0.2) is 6.10 Å². The van der Waals surface area contributed by atoms with Crippen molar-refractivity contribution in [1.82, 2.24) is 10.2 Å². The molecule has 1 unspecified atom stereocenters. The van der Waals surface area contributed by atoms with Crippen molar-refractivity contribution in [3.63, 3.8) is 0 Å². The molecule has 0 saturated carbocycles. The summed E-state index contributed by atoms with van der Waals surface area (Å²) in [6.07, 6.45) is -1.54. The van der Waals surface area contributed by atoms with Crippen LogP contribution in [0.5, 0.6) is 0 Å². The zero-order valence-corrected chi connectivity index (χ0v) is 9.91. The molecule has 104 valence electrons. The number of aliphatic hydroxyl groups is 2. The van der Waals surface area contributed by atoms with E-state index in [1.54, 1.807) is 0 Å². The summed E-state index contributed by atoms with van der Waals surface area (Å²) in [5.74, 6) is -1.32. The first kappa shape index (κ1) is 14.7. The Balaban J connectivity index is 2.33. The van der Waals surface area contributed by atoms with E-state index in [1.165, 1.54) is 4.90 Å². The number of carbonyl (C=O) groups is 2. The number of carbonyl (C=O) groups excluding carboxylic acids is 1. The highest BCUT2D eigenvalue weighted by Gasteiger charge is 2.26. The van der Waals surface area contributed by atoms with Crippen molar-refractivity contribution in [3.05, 3.63) is 0 Å². The van der Waals surface area contributed by atoms with Crippen LogP contribution in [0.15, 0.2) is 0 Å². The van der Waals surface area contributed by atoms with E-state index in [2.05, 4.69) is 5.32 Å². The molecule has 0 aliphatic carbocycles. The van der Waals surface area contributed by atoms with E-state index in [-0.39, 0.29) is 32.2 Å². The van der Waals surface area contributed by atoms with Gasteiger partial charge in [-0.05, 0) is 0 Å². The molecule has 1 fully saturated rings. The number of hydrogen-bond donors (Lipinski definition) is 4. The number of carboxylic acid groups (broad SMARTS) is 1. The summed E-state index contributed by atoms with van der Waals surface area (Å²) in [4.78, 5) is 23.5. The average molecular weight is 262 g/mol. The van der Waals surface area contributed by atoms with Gasteiger partial charge in [0, 0.05) is 19.5 Å². The number of morpholine rings is 1. The number of nitrogens with zero attached hydrogens (tertiary/aromatic N) is 1. The van der Waals surface area contributed by atoms with E-state index >= 15 is 0 Å². The summed E-state index contributed by atoms with van der Waals surface area (Å²) in [5.41, 5.74) is 0. The fourth-order valence-electron chi connectivity index (χ4n) is 1.61. The predicted molar refractivity (Wildman–Crippen MR) is 60.1 cm³/mol. The lowest BCUT2D eigenvalue weighted by Crippen LogP contribution is -2.54. The molecule has 1 rings (SSSR count). The van der Waals surface area contributed by atoms with E-state index in [0.29, 0.717) is 13.2 Å². The highest BCUT2D eigenvalue weighted by Crippen LogP contribution is 2.06. The Morgan fingerprint density at radius 2 is 2.22 bits per heavy atom. The number of nitrogens with one attached hydrogen (secondary N) is 1. The SMILES string of the molecule is O=C(O)[C@@H](O)CCNC(=O)N1CCOCC1CO. The Morgan fingerprint density at radius 1 is 1.50 bits per heavy atom. The molecule has 1 heterocycles. The summed E-state index contributed by atoms with van der Waals surface area (Å²) < 4.78 is 5.13. The second kappa shape index (κ2) is 7.14. The van der Waals surface area contributed by atoms with Crippen LogP contribution in [0.25, 0.3) is 0 Å². The largest absolute Gasteiger partial charge is 0.479 e. The maximum atomic E-state index is 11.7. The second-order valence-corrected chi connectivity index (χ2v) is 3.98. The van der Waals surface area contributed by atoms with Crippen molar-refractivity contribution in [2.24, 2.45) is 0 Å². The van der Waals surface area contributed by atoms with E-state index < -0.39 is 18.1 Å². The van der Waals surface area contributed by atoms with Gasteiger partial charge in [0.05, 0.1) is 25.9 Å². The molecule has 8 nitrogen and oxygen atoms in total. The van der Waals surface area contributed by atoms with Gasteiger partial charge in [0.2, 0.25) is 0 Å². The normalized spacial score (nSPS) is 21.4. The van der Waals surface area contributed by atoms with Gasteiger partial charge >= 0.3 is 12.0 Å². The van der Waals surface area contributed by atoms with Crippen molar-refractivity contribution in [2.45, 2.75) is 18.6 Å². The van der Waals surface area contributed by atoms with Gasteiger partial charge in [-0.1, -0.05) is 0 Å². The van der Waals surface area contributed by atoms with Crippen molar-refractivity contribution in [2.75, 3.05) is 32.9 Å². The lowest BCUT2D eigenvalue weighted by molar-refractivity contribution is -0.146. The highest BCUT2D eigenvalue weighted by molar-refractivity contribution is 5.75. The molecule has 0 spiro atoms. The molecule has 1 aliphatic rings. The van der Waals surface area contributed by atoms with E-state index in [1.807, 2.05) is 0 Å². The van der Waals surface area contributed by atoms with Crippen molar-refractivity contribution < 1.29 is 29.6 Å². The number of aliphatic carboxylic acids is 1. The van der Waals surface area contributed by atoms with Crippen LogP contribution in [0.4, 0.5) is 4.79 Å². The maximum Gasteiger partial charge on any atom is 0.332 e. The Hall–Kier alpha value is -1.38. The third-order valence-electron chi connectivity index (χ3n) is 2.68. The molecular weight excluding hydrogens is 244 g/mol. The summed E-state index contributed by atoms with van der Waals surface area (Å²) in [6.45, 7) is 0.925. The highest BCUT2D eigenvalue weighted by atomic mass is 16.5. The number of hydrogen-bond acceptors (Lipinski definition) is 5. The fourth-order valence-corrected chi connectivity index (χ4v) is 1.61. The van der Waals surface area contributed by atoms with Crippen LogP contribution < -0.4 is 5.32 Å². The third kappa shape index (κ3) is 4.13. The van der Waals surface area contributed by atoms with Crippen LogP contribution in [-0.2, 0) is 9.53 Å². The molecule has 1 aliphatic heterocycles. The molecule has 8 heteroatoms. The summed E-state index contributed by atoms with van der Waals surface area (Å²) in [7, 11) is 0. The fraction of sp³-hybridized carbons (Fsp3) is 0.800. The molecule has 0 bridgehead atoms. The summed E-state index contributed by atoms with van der Waals surface area (Å²) >= 11 is 0. The van der Waals surface area contributed by atoms with Crippen LogP contribution >= 0.6 is 0 Å². The minimum absolute atomic E-state index is 0.0573. The van der Waals surface area contributed by atoms with Crippen molar-refractivity contribution in [1.29, 1.82) is 0 Å². The van der Waals surface area contributed by atoms with Gasteiger partial charge in [-0.2, -0.15) is 0 Å².